The van der Waals surface area contributed by atoms with Gasteiger partial charge in [-0.2, -0.15) is 0 Å². The van der Waals surface area contributed by atoms with Crippen molar-refractivity contribution in [3.8, 4) is 0 Å². The normalized spacial score (nSPS) is 50.1. The van der Waals surface area contributed by atoms with Crippen molar-refractivity contribution in [3.63, 3.8) is 0 Å². The number of carbonyl (C=O) groups is 1. The standard InChI is InChI=1S/C24H38O5/c1-13(4-7-20(28)29)16-5-6-17-21-18(26)11-14-10-15(25)8-9-23(14,2)22(21)19(27)12-24(16,17)3/h11,13,15-19,21-22,25-27H,4-10,12H2,1-3H3,(H,28,29)/t13-,15+,16-,17+,18-,19-,21-,22+,23+,24-/m1/s1. The first-order valence-electron chi connectivity index (χ1n) is 11.5. The molecule has 0 aromatic rings. The van der Waals surface area contributed by atoms with Gasteiger partial charge in [0.1, 0.15) is 0 Å². The number of aliphatic hydroxyl groups excluding tert-OH is 3. The van der Waals surface area contributed by atoms with Gasteiger partial charge in [-0.15, -0.1) is 0 Å². The molecule has 0 bridgehead atoms. The van der Waals surface area contributed by atoms with Gasteiger partial charge in [-0.1, -0.05) is 32.4 Å². The van der Waals surface area contributed by atoms with E-state index in [1.54, 1.807) is 0 Å². The lowest BCUT2D eigenvalue weighted by atomic mass is 9.45. The van der Waals surface area contributed by atoms with Crippen molar-refractivity contribution in [1.29, 1.82) is 0 Å². The Morgan fingerprint density at radius 2 is 1.93 bits per heavy atom. The van der Waals surface area contributed by atoms with Crippen LogP contribution in [-0.2, 0) is 4.79 Å². The van der Waals surface area contributed by atoms with Crippen molar-refractivity contribution >= 4 is 5.97 Å². The van der Waals surface area contributed by atoms with Gasteiger partial charge in [-0.25, -0.2) is 0 Å². The van der Waals surface area contributed by atoms with Gasteiger partial charge in [-0.3, -0.25) is 4.79 Å². The second-order valence-electron chi connectivity index (χ2n) is 11.1. The molecule has 0 radical (unpaired) electrons. The Morgan fingerprint density at radius 3 is 2.62 bits per heavy atom. The summed E-state index contributed by atoms with van der Waals surface area (Å²) >= 11 is 0. The van der Waals surface area contributed by atoms with Gasteiger partial charge in [0.15, 0.2) is 0 Å². The summed E-state index contributed by atoms with van der Waals surface area (Å²) in [5, 5.41) is 41.9. The average Bonchev–Trinajstić information content (AvgIpc) is 2.97. The molecule has 0 aromatic carbocycles. The molecule has 10 atom stereocenters. The highest BCUT2D eigenvalue weighted by Gasteiger charge is 2.63. The van der Waals surface area contributed by atoms with Gasteiger partial charge in [0.25, 0.3) is 0 Å². The monoisotopic (exact) mass is 406 g/mol. The van der Waals surface area contributed by atoms with Crippen LogP contribution in [0.1, 0.15) is 72.1 Å². The number of hydrogen-bond donors (Lipinski definition) is 4. The van der Waals surface area contributed by atoms with Crippen molar-refractivity contribution in [2.75, 3.05) is 0 Å². The van der Waals surface area contributed by atoms with E-state index in [0.717, 1.165) is 37.7 Å². The van der Waals surface area contributed by atoms with E-state index in [2.05, 4.69) is 20.8 Å². The molecule has 3 saturated carbocycles. The van der Waals surface area contributed by atoms with Crippen LogP contribution in [0.25, 0.3) is 0 Å². The number of rotatable bonds is 4. The summed E-state index contributed by atoms with van der Waals surface area (Å²) in [7, 11) is 0. The second kappa shape index (κ2) is 7.35. The van der Waals surface area contributed by atoms with E-state index >= 15 is 0 Å². The van der Waals surface area contributed by atoms with Crippen LogP contribution in [0.15, 0.2) is 11.6 Å². The molecule has 0 saturated heterocycles. The average molecular weight is 407 g/mol. The zero-order valence-corrected chi connectivity index (χ0v) is 18.1. The van der Waals surface area contributed by atoms with Gasteiger partial charge in [0, 0.05) is 6.42 Å². The van der Waals surface area contributed by atoms with Crippen molar-refractivity contribution in [1.82, 2.24) is 0 Å². The highest BCUT2D eigenvalue weighted by Crippen LogP contribution is 2.67. The molecule has 4 aliphatic carbocycles. The maximum atomic E-state index is 11.4. The number of carboxylic acids is 1. The fourth-order valence-electron chi connectivity index (χ4n) is 8.27. The quantitative estimate of drug-likeness (QED) is 0.537. The predicted octanol–water partition coefficient (Wildman–Crippen LogP) is 3.37. The third-order valence-corrected chi connectivity index (χ3v) is 9.61. The second-order valence-corrected chi connectivity index (χ2v) is 11.1. The molecule has 0 amide bonds. The number of aliphatic carboxylic acids is 1. The van der Waals surface area contributed by atoms with Crippen LogP contribution >= 0.6 is 0 Å². The van der Waals surface area contributed by atoms with Gasteiger partial charge >= 0.3 is 5.97 Å². The highest BCUT2D eigenvalue weighted by molar-refractivity contribution is 5.66. The minimum atomic E-state index is -0.743. The lowest BCUT2D eigenvalue weighted by Gasteiger charge is -2.61. The molecule has 4 aliphatic rings. The Hall–Kier alpha value is -0.910. The van der Waals surface area contributed by atoms with Crippen LogP contribution in [0.5, 0.6) is 0 Å². The molecule has 0 heterocycles. The first-order valence-corrected chi connectivity index (χ1v) is 11.5. The number of fused-ring (bicyclic) bond motifs is 5. The predicted molar refractivity (Wildman–Crippen MR) is 110 cm³/mol. The van der Waals surface area contributed by atoms with Crippen molar-refractivity contribution in [2.24, 2.45) is 40.4 Å². The van der Waals surface area contributed by atoms with E-state index in [4.69, 9.17) is 5.11 Å². The number of carboxylic acid groups (broad SMARTS) is 1. The fraction of sp³-hybridized carbons (Fsp3) is 0.875. The lowest BCUT2D eigenvalue weighted by Crippen LogP contribution is -2.60. The summed E-state index contributed by atoms with van der Waals surface area (Å²) in [5.74, 6) is 0.386. The topological polar surface area (TPSA) is 98.0 Å². The van der Waals surface area contributed by atoms with E-state index in [1.807, 2.05) is 6.08 Å². The first-order chi connectivity index (χ1) is 13.6. The molecule has 0 aromatic heterocycles. The van der Waals surface area contributed by atoms with Crippen molar-refractivity contribution < 1.29 is 25.2 Å². The molecule has 5 heteroatoms. The highest BCUT2D eigenvalue weighted by atomic mass is 16.4. The Labute approximate surface area is 174 Å². The molecular weight excluding hydrogens is 368 g/mol. The zero-order chi connectivity index (χ0) is 21.1. The summed E-state index contributed by atoms with van der Waals surface area (Å²) in [4.78, 5) is 11.1. The molecule has 0 aliphatic heterocycles. The zero-order valence-electron chi connectivity index (χ0n) is 18.1. The first kappa shape index (κ1) is 21.3. The van der Waals surface area contributed by atoms with E-state index in [-0.39, 0.29) is 35.2 Å². The smallest absolute Gasteiger partial charge is 0.303 e. The van der Waals surface area contributed by atoms with Crippen LogP contribution < -0.4 is 0 Å². The van der Waals surface area contributed by atoms with Crippen LogP contribution in [-0.4, -0.2) is 44.7 Å². The maximum Gasteiger partial charge on any atom is 0.303 e. The summed E-state index contributed by atoms with van der Waals surface area (Å²) < 4.78 is 0. The van der Waals surface area contributed by atoms with Gasteiger partial charge < -0.3 is 20.4 Å². The Morgan fingerprint density at radius 1 is 1.21 bits per heavy atom. The van der Waals surface area contributed by atoms with Crippen LogP contribution in [0.4, 0.5) is 0 Å². The summed E-state index contributed by atoms with van der Waals surface area (Å²) in [6.07, 6.45) is 6.58. The Balaban J connectivity index is 1.64. The van der Waals surface area contributed by atoms with Crippen LogP contribution in [0.2, 0.25) is 0 Å². The van der Waals surface area contributed by atoms with Crippen LogP contribution in [0, 0.1) is 40.4 Å². The Bertz CT molecular complexity index is 689. The summed E-state index contributed by atoms with van der Waals surface area (Å²) in [6, 6.07) is 0. The van der Waals surface area contributed by atoms with E-state index in [0.29, 0.717) is 30.6 Å². The van der Waals surface area contributed by atoms with Gasteiger partial charge in [0.2, 0.25) is 0 Å². The van der Waals surface area contributed by atoms with Gasteiger partial charge in [-0.05, 0) is 85.4 Å². The molecule has 0 unspecified atom stereocenters. The Kier molecular flexibility index (Phi) is 5.40. The minimum Gasteiger partial charge on any atom is -0.481 e. The molecular formula is C24H38O5. The molecule has 29 heavy (non-hydrogen) atoms. The molecule has 5 nitrogen and oxygen atoms in total. The number of hydrogen-bond acceptors (Lipinski definition) is 4. The van der Waals surface area contributed by atoms with E-state index < -0.39 is 18.2 Å². The van der Waals surface area contributed by atoms with Crippen molar-refractivity contribution in [2.45, 2.75) is 90.4 Å². The van der Waals surface area contributed by atoms with E-state index in [9.17, 15) is 20.1 Å². The van der Waals surface area contributed by atoms with Crippen LogP contribution in [0.3, 0.4) is 0 Å². The minimum absolute atomic E-state index is 0.0381. The summed E-state index contributed by atoms with van der Waals surface area (Å²) in [6.45, 7) is 6.69. The maximum absolute atomic E-state index is 11.4. The largest absolute Gasteiger partial charge is 0.481 e. The molecule has 4 rings (SSSR count). The SMILES string of the molecule is C[C@H](CCC(=O)O)[C@H]1CC[C@H]2[C@H]3[C@H]([C@H](O)C[C@]12C)[C@@]1(C)CC[C@H](O)CC1=C[C@H]3O. The molecule has 164 valence electrons. The number of aliphatic hydroxyl groups is 3. The molecule has 4 N–H and O–H groups in total. The van der Waals surface area contributed by atoms with Gasteiger partial charge in [0.05, 0.1) is 18.3 Å². The van der Waals surface area contributed by atoms with E-state index in [1.165, 1.54) is 0 Å². The summed E-state index contributed by atoms with van der Waals surface area (Å²) in [5.41, 5.74) is 0.934. The van der Waals surface area contributed by atoms with Crippen molar-refractivity contribution in [3.05, 3.63) is 11.6 Å². The third kappa shape index (κ3) is 3.28. The fourth-order valence-corrected chi connectivity index (χ4v) is 8.27. The molecule has 0 spiro atoms. The molecule has 3 fully saturated rings. The lowest BCUT2D eigenvalue weighted by molar-refractivity contribution is -0.156. The third-order valence-electron chi connectivity index (χ3n) is 9.61.